The molecule has 0 aliphatic rings. The summed E-state index contributed by atoms with van der Waals surface area (Å²) in [4.78, 5) is 12.4. The summed E-state index contributed by atoms with van der Waals surface area (Å²) in [5, 5.41) is 2.69. The number of nitrogens with zero attached hydrogens (tertiary/aromatic N) is 1. The van der Waals surface area contributed by atoms with E-state index in [1.165, 1.54) is 29.6 Å². The normalized spacial score (nSPS) is 11.6. The maximum Gasteiger partial charge on any atom is 0.248 e. The van der Waals surface area contributed by atoms with E-state index in [0.29, 0.717) is 35.8 Å². The molecule has 0 fully saturated rings. The number of methoxy groups -OCH3 is 2. The van der Waals surface area contributed by atoms with E-state index in [-0.39, 0.29) is 10.8 Å². The number of benzene rings is 2. The van der Waals surface area contributed by atoms with Crippen LogP contribution in [0.4, 0.5) is 5.69 Å². The third-order valence-electron chi connectivity index (χ3n) is 4.30. The summed E-state index contributed by atoms with van der Waals surface area (Å²) in [5.41, 5.74) is 1.11. The molecular formula is C21H26N2O5S. The first kappa shape index (κ1) is 22.4. The van der Waals surface area contributed by atoms with Crippen LogP contribution < -0.4 is 14.8 Å². The molecule has 2 aromatic rings. The molecular weight excluding hydrogens is 392 g/mol. The van der Waals surface area contributed by atoms with Crippen LogP contribution >= 0.6 is 0 Å². The zero-order valence-electron chi connectivity index (χ0n) is 17.0. The van der Waals surface area contributed by atoms with Crippen LogP contribution in [0.3, 0.4) is 0 Å². The van der Waals surface area contributed by atoms with Gasteiger partial charge in [0.05, 0.1) is 19.1 Å². The van der Waals surface area contributed by atoms with Crippen LogP contribution in [0.1, 0.15) is 19.4 Å². The second kappa shape index (κ2) is 10.1. The maximum absolute atomic E-state index is 12.6. The van der Waals surface area contributed by atoms with Gasteiger partial charge in [0.15, 0.2) is 0 Å². The molecule has 1 N–H and O–H groups in total. The van der Waals surface area contributed by atoms with E-state index >= 15 is 0 Å². The van der Waals surface area contributed by atoms with Gasteiger partial charge in [0.25, 0.3) is 0 Å². The van der Waals surface area contributed by atoms with E-state index in [1.54, 1.807) is 57.4 Å². The SMILES string of the molecule is CCN(CC)S(=O)(=O)c1cccc(NC(=O)/C=C/c2ccc(OC)cc2OC)c1. The smallest absolute Gasteiger partial charge is 0.248 e. The number of amides is 1. The van der Waals surface area contributed by atoms with E-state index < -0.39 is 10.0 Å². The molecule has 0 aromatic heterocycles. The van der Waals surface area contributed by atoms with Crippen molar-refractivity contribution < 1.29 is 22.7 Å². The molecule has 29 heavy (non-hydrogen) atoms. The van der Waals surface area contributed by atoms with Gasteiger partial charge in [-0.1, -0.05) is 19.9 Å². The zero-order valence-corrected chi connectivity index (χ0v) is 17.8. The first-order valence-electron chi connectivity index (χ1n) is 9.17. The Morgan fingerprint density at radius 2 is 1.79 bits per heavy atom. The highest BCUT2D eigenvalue weighted by Crippen LogP contribution is 2.25. The van der Waals surface area contributed by atoms with Crippen molar-refractivity contribution in [2.24, 2.45) is 0 Å². The highest BCUT2D eigenvalue weighted by Gasteiger charge is 2.21. The summed E-state index contributed by atoms with van der Waals surface area (Å²) in [7, 11) is -0.497. The van der Waals surface area contributed by atoms with Gasteiger partial charge in [0.2, 0.25) is 15.9 Å². The number of carbonyl (C=O) groups is 1. The first-order valence-corrected chi connectivity index (χ1v) is 10.6. The molecule has 0 spiro atoms. The Hall–Kier alpha value is -2.84. The fourth-order valence-electron chi connectivity index (χ4n) is 2.75. The lowest BCUT2D eigenvalue weighted by Crippen LogP contribution is -2.30. The maximum atomic E-state index is 12.6. The van der Waals surface area contributed by atoms with Gasteiger partial charge in [-0.15, -0.1) is 0 Å². The predicted molar refractivity (Wildman–Crippen MR) is 114 cm³/mol. The summed E-state index contributed by atoms with van der Waals surface area (Å²) in [5.74, 6) is 0.829. The molecule has 1 amide bonds. The number of rotatable bonds is 9. The van der Waals surface area contributed by atoms with Crippen LogP contribution in [0.25, 0.3) is 6.08 Å². The Morgan fingerprint density at radius 3 is 2.41 bits per heavy atom. The van der Waals surface area contributed by atoms with Gasteiger partial charge >= 0.3 is 0 Å². The topological polar surface area (TPSA) is 84.9 Å². The molecule has 0 aliphatic heterocycles. The van der Waals surface area contributed by atoms with Crippen molar-refractivity contribution >= 4 is 27.7 Å². The van der Waals surface area contributed by atoms with Crippen LogP contribution in [0.5, 0.6) is 11.5 Å². The Morgan fingerprint density at radius 1 is 1.07 bits per heavy atom. The number of ether oxygens (including phenoxy) is 2. The molecule has 0 heterocycles. The molecule has 8 heteroatoms. The molecule has 0 atom stereocenters. The minimum atomic E-state index is -3.59. The zero-order chi connectivity index (χ0) is 21.4. The summed E-state index contributed by atoms with van der Waals surface area (Å²) >= 11 is 0. The second-order valence-corrected chi connectivity index (χ2v) is 7.99. The Balaban J connectivity index is 2.17. The molecule has 2 rings (SSSR count). The number of hydrogen-bond acceptors (Lipinski definition) is 5. The Kier molecular flexibility index (Phi) is 7.81. The summed E-state index contributed by atoms with van der Waals surface area (Å²) < 4.78 is 37.1. The number of carbonyl (C=O) groups excluding carboxylic acids is 1. The minimum absolute atomic E-state index is 0.139. The molecule has 0 aliphatic carbocycles. The standard InChI is InChI=1S/C21H26N2O5S/c1-5-23(6-2)29(25,26)19-9-7-8-17(14-19)22-21(24)13-11-16-10-12-18(27-3)15-20(16)28-4/h7-15H,5-6H2,1-4H3,(H,22,24)/b13-11+. The van der Waals surface area contributed by atoms with E-state index in [9.17, 15) is 13.2 Å². The number of sulfonamides is 1. The summed E-state index contributed by atoms with van der Waals surface area (Å²) in [6.45, 7) is 4.32. The van der Waals surface area contributed by atoms with Crippen molar-refractivity contribution in [2.75, 3.05) is 32.6 Å². The fourth-order valence-corrected chi connectivity index (χ4v) is 4.26. The quantitative estimate of drug-likeness (QED) is 0.631. The summed E-state index contributed by atoms with van der Waals surface area (Å²) in [6, 6.07) is 11.5. The van der Waals surface area contributed by atoms with E-state index in [1.807, 2.05) is 0 Å². The van der Waals surface area contributed by atoms with E-state index in [4.69, 9.17) is 9.47 Å². The first-order chi connectivity index (χ1) is 13.8. The molecule has 0 bridgehead atoms. The van der Waals surface area contributed by atoms with Gasteiger partial charge in [-0.25, -0.2) is 8.42 Å². The second-order valence-electron chi connectivity index (χ2n) is 6.05. The number of nitrogens with one attached hydrogen (secondary N) is 1. The van der Waals surface area contributed by atoms with Crippen molar-refractivity contribution in [3.05, 3.63) is 54.1 Å². The molecule has 0 saturated carbocycles. The van der Waals surface area contributed by atoms with Gasteiger partial charge in [-0.3, -0.25) is 4.79 Å². The fraction of sp³-hybridized carbons (Fsp3) is 0.286. The lowest BCUT2D eigenvalue weighted by molar-refractivity contribution is -0.111. The van der Waals surface area contributed by atoms with Crippen LogP contribution in [-0.4, -0.2) is 45.9 Å². The third-order valence-corrected chi connectivity index (χ3v) is 6.35. The highest BCUT2D eigenvalue weighted by atomic mass is 32.2. The molecule has 7 nitrogen and oxygen atoms in total. The molecule has 0 unspecified atom stereocenters. The largest absolute Gasteiger partial charge is 0.497 e. The molecule has 2 aromatic carbocycles. The highest BCUT2D eigenvalue weighted by molar-refractivity contribution is 7.89. The van der Waals surface area contributed by atoms with Crippen molar-refractivity contribution in [3.8, 4) is 11.5 Å². The van der Waals surface area contributed by atoms with Crippen LogP contribution in [-0.2, 0) is 14.8 Å². The number of anilines is 1. The van der Waals surface area contributed by atoms with Crippen LogP contribution in [0.15, 0.2) is 53.4 Å². The van der Waals surface area contributed by atoms with Crippen molar-refractivity contribution in [2.45, 2.75) is 18.7 Å². The third kappa shape index (κ3) is 5.58. The van der Waals surface area contributed by atoms with Gasteiger partial charge in [-0.05, 0) is 36.4 Å². The van der Waals surface area contributed by atoms with Gasteiger partial charge < -0.3 is 14.8 Å². The Bertz CT molecular complexity index is 982. The van der Waals surface area contributed by atoms with E-state index in [2.05, 4.69) is 5.32 Å². The van der Waals surface area contributed by atoms with Crippen molar-refractivity contribution in [3.63, 3.8) is 0 Å². The monoisotopic (exact) mass is 418 g/mol. The molecule has 0 radical (unpaired) electrons. The van der Waals surface area contributed by atoms with Crippen LogP contribution in [0, 0.1) is 0 Å². The average Bonchev–Trinajstić information content (AvgIpc) is 2.73. The van der Waals surface area contributed by atoms with E-state index in [0.717, 1.165) is 0 Å². The number of hydrogen-bond donors (Lipinski definition) is 1. The van der Waals surface area contributed by atoms with Gasteiger partial charge in [0.1, 0.15) is 11.5 Å². The van der Waals surface area contributed by atoms with Gasteiger partial charge in [-0.2, -0.15) is 4.31 Å². The summed E-state index contributed by atoms with van der Waals surface area (Å²) in [6.07, 6.45) is 2.97. The van der Waals surface area contributed by atoms with Crippen LogP contribution in [0.2, 0.25) is 0 Å². The van der Waals surface area contributed by atoms with Gasteiger partial charge in [0, 0.05) is 36.5 Å². The Labute approximate surface area is 172 Å². The molecule has 0 saturated heterocycles. The lowest BCUT2D eigenvalue weighted by Gasteiger charge is -2.18. The van der Waals surface area contributed by atoms with Crippen molar-refractivity contribution in [1.82, 2.24) is 4.31 Å². The predicted octanol–water partition coefficient (Wildman–Crippen LogP) is 3.39. The van der Waals surface area contributed by atoms with Crippen molar-refractivity contribution in [1.29, 1.82) is 0 Å². The minimum Gasteiger partial charge on any atom is -0.497 e. The average molecular weight is 419 g/mol. The lowest BCUT2D eigenvalue weighted by atomic mass is 10.1. The molecule has 156 valence electrons.